The summed E-state index contributed by atoms with van der Waals surface area (Å²) in [6, 6.07) is 74.5. The van der Waals surface area contributed by atoms with Gasteiger partial charge in [0, 0.05) is 22.5 Å². The van der Waals surface area contributed by atoms with Gasteiger partial charge in [-0.15, -0.1) is 0 Å². The van der Waals surface area contributed by atoms with Gasteiger partial charge in [-0.25, -0.2) is 0 Å². The minimum absolute atomic E-state index is 0.133. The molecule has 73 heavy (non-hydrogen) atoms. The molecule has 0 amide bonds. The maximum Gasteiger partial charge on any atom is 0.0726 e. The molecule has 0 atom stereocenters. The largest absolute Gasteiger partial charge is 0.310 e. The van der Waals surface area contributed by atoms with Crippen molar-refractivity contribution in [3.63, 3.8) is 0 Å². The fourth-order valence-electron chi connectivity index (χ4n) is 13.4. The molecule has 0 aromatic heterocycles. The van der Waals surface area contributed by atoms with E-state index in [9.17, 15) is 0 Å². The van der Waals surface area contributed by atoms with Crippen LogP contribution in [0.1, 0.15) is 135 Å². The van der Waals surface area contributed by atoms with Crippen molar-refractivity contribution >= 4 is 17.1 Å². The van der Waals surface area contributed by atoms with Gasteiger partial charge < -0.3 is 4.90 Å². The zero-order chi connectivity index (χ0) is 49.7. The van der Waals surface area contributed by atoms with Gasteiger partial charge in [0.15, 0.2) is 0 Å². The maximum atomic E-state index is 2.52. The van der Waals surface area contributed by atoms with Gasteiger partial charge >= 0.3 is 0 Å². The summed E-state index contributed by atoms with van der Waals surface area (Å²) in [7, 11) is 0. The normalized spacial score (nSPS) is 13.8. The maximum absolute atomic E-state index is 2.52. The van der Waals surface area contributed by atoms with E-state index in [0.29, 0.717) is 0 Å². The number of aryl methyl sites for hydroxylation is 3. The van der Waals surface area contributed by atoms with E-state index < -0.39 is 5.41 Å². The predicted molar refractivity (Wildman–Crippen MR) is 311 cm³/mol. The van der Waals surface area contributed by atoms with Crippen molar-refractivity contribution in [2.24, 2.45) is 0 Å². The lowest BCUT2D eigenvalue weighted by Gasteiger charge is -2.32. The van der Waals surface area contributed by atoms with Crippen molar-refractivity contribution in [3.05, 3.63) is 244 Å². The number of nitrogens with zero attached hydrogens (tertiary/aromatic N) is 1. The Balaban J connectivity index is 0.908. The van der Waals surface area contributed by atoms with Gasteiger partial charge in [0.05, 0.1) is 5.41 Å². The van der Waals surface area contributed by atoms with E-state index in [-0.39, 0.29) is 5.41 Å². The van der Waals surface area contributed by atoms with Crippen LogP contribution in [-0.4, -0.2) is 0 Å². The fraction of sp³-hybridized carbons (Fsp3) is 0.250. The number of fused-ring (bicyclic) bond motifs is 13. The lowest BCUT2D eigenvalue weighted by atomic mass is 9.70. The van der Waals surface area contributed by atoms with Gasteiger partial charge in [0.1, 0.15) is 0 Å². The first-order valence-corrected chi connectivity index (χ1v) is 27.6. The fourth-order valence-corrected chi connectivity index (χ4v) is 13.4. The average molecular weight is 948 g/mol. The van der Waals surface area contributed by atoms with E-state index in [4.69, 9.17) is 0 Å². The summed E-state index contributed by atoms with van der Waals surface area (Å²) in [5, 5.41) is 0. The molecule has 0 N–H and O–H groups in total. The van der Waals surface area contributed by atoms with Crippen LogP contribution in [0.15, 0.2) is 194 Å². The molecule has 362 valence electrons. The first-order valence-electron chi connectivity index (χ1n) is 27.6. The van der Waals surface area contributed by atoms with Gasteiger partial charge in [-0.2, -0.15) is 0 Å². The Morgan fingerprint density at radius 1 is 0.342 bits per heavy atom. The SMILES string of the molecule is CCCCCCCCCCCCc1cc(C)cc(-c2ccc(C)c(-c3ccc(N(c4ccc5c(c4)C(C)(C)c4ccccc4-5)c4ccc5c(c4)C4(c6ccccc6-c6ccccc64)c4ccccc4-5)cc3)c2)c1. The molecule has 1 spiro atoms. The van der Waals surface area contributed by atoms with E-state index in [1.54, 1.807) is 0 Å². The van der Waals surface area contributed by atoms with Crippen LogP contribution >= 0.6 is 0 Å². The van der Waals surface area contributed by atoms with Crippen LogP contribution in [0.4, 0.5) is 17.1 Å². The summed E-state index contributed by atoms with van der Waals surface area (Å²) < 4.78 is 0. The molecule has 0 radical (unpaired) electrons. The van der Waals surface area contributed by atoms with Gasteiger partial charge in [-0.3, -0.25) is 0 Å². The van der Waals surface area contributed by atoms with Crippen molar-refractivity contribution in [2.75, 3.05) is 4.90 Å². The molecular weight excluding hydrogens is 879 g/mol. The highest BCUT2D eigenvalue weighted by Crippen LogP contribution is 2.63. The van der Waals surface area contributed by atoms with Crippen LogP contribution in [0.2, 0.25) is 0 Å². The third-order valence-electron chi connectivity index (χ3n) is 17.0. The molecule has 9 aromatic rings. The molecule has 0 saturated carbocycles. The summed E-state index contributed by atoms with van der Waals surface area (Å²) in [5.74, 6) is 0. The Labute approximate surface area is 435 Å². The Morgan fingerprint density at radius 3 is 1.40 bits per heavy atom. The van der Waals surface area contributed by atoms with Crippen LogP contribution in [0.5, 0.6) is 0 Å². The van der Waals surface area contributed by atoms with E-state index in [1.807, 2.05) is 0 Å². The van der Waals surface area contributed by atoms with E-state index >= 15 is 0 Å². The van der Waals surface area contributed by atoms with E-state index in [1.165, 1.54) is 170 Å². The van der Waals surface area contributed by atoms with Crippen molar-refractivity contribution in [1.82, 2.24) is 0 Å². The second kappa shape index (κ2) is 19.3. The van der Waals surface area contributed by atoms with Crippen LogP contribution in [0.3, 0.4) is 0 Å². The van der Waals surface area contributed by atoms with Crippen molar-refractivity contribution in [3.8, 4) is 55.6 Å². The first-order chi connectivity index (χ1) is 35.7. The number of unbranched alkanes of at least 4 members (excludes halogenated alkanes) is 9. The van der Waals surface area contributed by atoms with Crippen molar-refractivity contribution in [2.45, 2.75) is 116 Å². The average Bonchev–Trinajstić information content (AvgIpc) is 3.98. The zero-order valence-electron chi connectivity index (χ0n) is 43.7. The summed E-state index contributed by atoms with van der Waals surface area (Å²) in [4.78, 5) is 2.51. The van der Waals surface area contributed by atoms with Crippen LogP contribution in [0.25, 0.3) is 55.6 Å². The summed E-state index contributed by atoms with van der Waals surface area (Å²) in [5.41, 5.74) is 28.2. The summed E-state index contributed by atoms with van der Waals surface area (Å²) >= 11 is 0. The Morgan fingerprint density at radius 2 is 0.808 bits per heavy atom. The molecule has 12 rings (SSSR count). The molecule has 0 bridgehead atoms. The molecular formula is C72H69N. The number of rotatable bonds is 16. The van der Waals surface area contributed by atoms with Crippen molar-refractivity contribution < 1.29 is 0 Å². The number of anilines is 3. The lowest BCUT2D eigenvalue weighted by Crippen LogP contribution is -2.26. The Hall–Kier alpha value is -7.22. The topological polar surface area (TPSA) is 3.24 Å². The second-order valence-corrected chi connectivity index (χ2v) is 22.1. The molecule has 1 nitrogen and oxygen atoms in total. The monoisotopic (exact) mass is 948 g/mol. The number of hydrogen-bond donors (Lipinski definition) is 0. The minimum Gasteiger partial charge on any atom is -0.310 e. The van der Waals surface area contributed by atoms with Crippen LogP contribution in [0, 0.1) is 13.8 Å². The van der Waals surface area contributed by atoms with Gasteiger partial charge in [0.2, 0.25) is 0 Å². The molecule has 0 saturated heterocycles. The van der Waals surface area contributed by atoms with Gasteiger partial charge in [-0.1, -0.05) is 236 Å². The standard InChI is InChI=1S/C72H69N/c1-6-7-8-9-10-11-12-13-14-15-24-51-43-49(2)44-54(45-51)53-34-33-50(3)64(46-53)52-35-37-55(38-36-52)73(56-39-41-62-58-25-16-20-29-65(58)71(4,5)69(62)47-56)57-40-42-63-61-28-19-23-32-68(61)72(70(63)48-57)66-30-21-17-26-59(66)60-27-18-22-31-67(60)72/h16-23,25-48H,6-15,24H2,1-5H3. The first kappa shape index (κ1) is 46.8. The molecule has 3 aliphatic carbocycles. The quantitative estimate of drug-likeness (QED) is 0.0873. The third kappa shape index (κ3) is 8.08. The number of hydrogen-bond acceptors (Lipinski definition) is 1. The number of benzene rings is 9. The molecule has 0 fully saturated rings. The molecule has 0 aliphatic heterocycles. The molecule has 0 heterocycles. The van der Waals surface area contributed by atoms with Crippen LogP contribution < -0.4 is 4.90 Å². The van der Waals surface area contributed by atoms with E-state index in [0.717, 1.165) is 23.5 Å². The van der Waals surface area contributed by atoms with Crippen LogP contribution in [-0.2, 0) is 17.3 Å². The lowest BCUT2D eigenvalue weighted by molar-refractivity contribution is 0.556. The Kier molecular flexibility index (Phi) is 12.4. The minimum atomic E-state index is -0.431. The summed E-state index contributed by atoms with van der Waals surface area (Å²) in [6.45, 7) is 11.6. The Bertz CT molecular complexity index is 3450. The van der Waals surface area contributed by atoms with Crippen molar-refractivity contribution in [1.29, 1.82) is 0 Å². The highest BCUT2D eigenvalue weighted by atomic mass is 15.1. The predicted octanol–water partition coefficient (Wildman–Crippen LogP) is 20.2. The second-order valence-electron chi connectivity index (χ2n) is 22.1. The zero-order valence-corrected chi connectivity index (χ0v) is 43.7. The highest BCUT2D eigenvalue weighted by Gasteiger charge is 2.51. The van der Waals surface area contributed by atoms with Gasteiger partial charge in [-0.05, 0) is 169 Å². The van der Waals surface area contributed by atoms with Gasteiger partial charge in [0.25, 0.3) is 0 Å². The summed E-state index contributed by atoms with van der Waals surface area (Å²) in [6.07, 6.45) is 14.8. The highest BCUT2D eigenvalue weighted by molar-refractivity contribution is 5.97. The smallest absolute Gasteiger partial charge is 0.0726 e. The third-order valence-corrected chi connectivity index (χ3v) is 17.0. The molecule has 0 unspecified atom stereocenters. The molecule has 3 aliphatic rings. The van der Waals surface area contributed by atoms with E-state index in [2.05, 4.69) is 234 Å². The molecule has 1 heteroatoms. The molecule has 9 aromatic carbocycles.